The highest BCUT2D eigenvalue weighted by Crippen LogP contribution is 2.18. The van der Waals surface area contributed by atoms with Crippen molar-refractivity contribution in [3.8, 4) is 0 Å². The Bertz CT molecular complexity index is 679. The number of nitrogens with one attached hydrogen (secondary N) is 2. The molecule has 27 heavy (non-hydrogen) atoms. The van der Waals surface area contributed by atoms with Crippen LogP contribution in [0.4, 0.5) is 5.82 Å². The maximum Gasteiger partial charge on any atom is 0.191 e. The highest BCUT2D eigenvalue weighted by atomic mass is 127. The number of piperidine rings is 1. The zero-order valence-electron chi connectivity index (χ0n) is 16.1. The van der Waals surface area contributed by atoms with Gasteiger partial charge in [-0.05, 0) is 50.5 Å². The first kappa shape index (κ1) is 21.5. The number of furan rings is 1. The summed E-state index contributed by atoms with van der Waals surface area (Å²) < 4.78 is 5.36. The van der Waals surface area contributed by atoms with Crippen molar-refractivity contribution in [3.63, 3.8) is 0 Å². The molecule has 6 nitrogen and oxygen atoms in total. The number of pyridine rings is 1. The van der Waals surface area contributed by atoms with E-state index < -0.39 is 0 Å². The molecule has 0 spiro atoms. The van der Waals surface area contributed by atoms with Gasteiger partial charge in [0.15, 0.2) is 5.96 Å². The molecule has 0 aliphatic carbocycles. The van der Waals surface area contributed by atoms with Crippen LogP contribution >= 0.6 is 24.0 Å². The van der Waals surface area contributed by atoms with Gasteiger partial charge in [-0.15, -0.1) is 24.0 Å². The van der Waals surface area contributed by atoms with Gasteiger partial charge in [0.25, 0.3) is 0 Å². The Labute approximate surface area is 178 Å². The highest BCUT2D eigenvalue weighted by molar-refractivity contribution is 14.0. The summed E-state index contributed by atoms with van der Waals surface area (Å²) in [5, 5.41) is 6.92. The molecule has 0 bridgehead atoms. The highest BCUT2D eigenvalue weighted by Gasteiger charge is 2.20. The van der Waals surface area contributed by atoms with Gasteiger partial charge >= 0.3 is 0 Å². The van der Waals surface area contributed by atoms with Crippen molar-refractivity contribution in [3.05, 3.63) is 48.0 Å². The summed E-state index contributed by atoms with van der Waals surface area (Å²) in [4.78, 5) is 11.6. The first-order valence-corrected chi connectivity index (χ1v) is 9.49. The van der Waals surface area contributed by atoms with Crippen LogP contribution in [0, 0.1) is 6.92 Å². The number of aliphatic imine (C=N–C) groups is 1. The lowest BCUT2D eigenvalue weighted by Crippen LogP contribution is -2.49. The maximum absolute atomic E-state index is 5.36. The second-order valence-corrected chi connectivity index (χ2v) is 6.69. The molecular weight excluding hydrogens is 453 g/mol. The van der Waals surface area contributed by atoms with Crippen LogP contribution in [0.15, 0.2) is 46.1 Å². The molecule has 0 saturated carbocycles. The number of halogens is 1. The molecule has 2 aromatic heterocycles. The third-order valence-electron chi connectivity index (χ3n) is 4.61. The molecule has 3 rings (SSSR count). The molecule has 2 N–H and O–H groups in total. The van der Waals surface area contributed by atoms with Crippen LogP contribution in [-0.2, 0) is 6.42 Å². The zero-order chi connectivity index (χ0) is 18.2. The molecule has 0 atom stereocenters. The first-order valence-electron chi connectivity index (χ1n) is 9.49. The van der Waals surface area contributed by atoms with E-state index in [-0.39, 0.29) is 24.0 Å². The molecule has 0 unspecified atom stereocenters. The molecule has 0 amide bonds. The van der Waals surface area contributed by atoms with Gasteiger partial charge in [0.05, 0.1) is 6.26 Å². The number of hydrogen-bond donors (Lipinski definition) is 2. The largest absolute Gasteiger partial charge is 0.469 e. The Hall–Kier alpha value is -1.77. The van der Waals surface area contributed by atoms with E-state index in [1.165, 1.54) is 5.56 Å². The van der Waals surface area contributed by atoms with E-state index in [1.807, 2.05) is 18.3 Å². The number of aromatic nitrogens is 1. The van der Waals surface area contributed by atoms with Crippen molar-refractivity contribution in [1.82, 2.24) is 15.6 Å². The fourth-order valence-electron chi connectivity index (χ4n) is 3.15. The summed E-state index contributed by atoms with van der Waals surface area (Å²) >= 11 is 0. The van der Waals surface area contributed by atoms with Gasteiger partial charge in [-0.2, -0.15) is 0 Å². The smallest absolute Gasteiger partial charge is 0.191 e. The molecule has 148 valence electrons. The Kier molecular flexibility index (Phi) is 8.90. The zero-order valence-corrected chi connectivity index (χ0v) is 18.5. The van der Waals surface area contributed by atoms with Crippen LogP contribution in [-0.4, -0.2) is 43.2 Å². The number of hydrogen-bond acceptors (Lipinski definition) is 4. The summed E-state index contributed by atoms with van der Waals surface area (Å²) in [6, 6.07) is 8.59. The van der Waals surface area contributed by atoms with Crippen molar-refractivity contribution >= 4 is 35.8 Å². The Morgan fingerprint density at radius 2 is 2.11 bits per heavy atom. The minimum absolute atomic E-state index is 0. The van der Waals surface area contributed by atoms with Crippen molar-refractivity contribution in [2.24, 2.45) is 4.99 Å². The van der Waals surface area contributed by atoms with E-state index in [0.29, 0.717) is 6.04 Å². The molecular formula is C20H30IN5O. The molecule has 0 radical (unpaired) electrons. The standard InChI is InChI=1S/C20H29N5O.HI/c1-3-21-20(22-11-8-18-5-4-14-26-18)24-17-9-12-25(13-10-17)19-7-6-16(2)15-23-19;/h4-7,14-15,17H,3,8-13H2,1-2H3,(H2,21,22,24);1H. The fourth-order valence-corrected chi connectivity index (χ4v) is 3.15. The molecule has 2 aromatic rings. The SMILES string of the molecule is CCNC(=NCCc1ccco1)NC1CCN(c2ccc(C)cn2)CC1.I. The van der Waals surface area contributed by atoms with Crippen LogP contribution in [0.3, 0.4) is 0 Å². The van der Waals surface area contributed by atoms with E-state index in [9.17, 15) is 0 Å². The van der Waals surface area contributed by atoms with Crippen molar-refractivity contribution in [2.45, 2.75) is 39.2 Å². The Morgan fingerprint density at radius 3 is 2.74 bits per heavy atom. The van der Waals surface area contributed by atoms with Crippen LogP contribution in [0.2, 0.25) is 0 Å². The van der Waals surface area contributed by atoms with E-state index >= 15 is 0 Å². The van der Waals surface area contributed by atoms with Crippen LogP contribution in [0.25, 0.3) is 0 Å². The molecule has 3 heterocycles. The van der Waals surface area contributed by atoms with Gasteiger partial charge < -0.3 is 20.0 Å². The molecule has 1 aliphatic heterocycles. The predicted molar refractivity (Wildman–Crippen MR) is 121 cm³/mol. The van der Waals surface area contributed by atoms with E-state index in [4.69, 9.17) is 4.42 Å². The third kappa shape index (κ3) is 6.71. The second-order valence-electron chi connectivity index (χ2n) is 6.69. The number of nitrogens with zero attached hydrogens (tertiary/aromatic N) is 3. The second kappa shape index (κ2) is 11.2. The summed E-state index contributed by atoms with van der Waals surface area (Å²) in [5.74, 6) is 2.95. The van der Waals surface area contributed by atoms with Crippen LogP contribution < -0.4 is 15.5 Å². The van der Waals surface area contributed by atoms with Gasteiger partial charge in [0, 0.05) is 44.8 Å². The fraction of sp³-hybridized carbons (Fsp3) is 0.500. The van der Waals surface area contributed by atoms with Gasteiger partial charge in [-0.1, -0.05) is 6.07 Å². The minimum Gasteiger partial charge on any atom is -0.469 e. The van der Waals surface area contributed by atoms with Gasteiger partial charge in [-0.25, -0.2) is 4.98 Å². The summed E-state index contributed by atoms with van der Waals surface area (Å²) in [5.41, 5.74) is 1.20. The lowest BCUT2D eigenvalue weighted by molar-refractivity contribution is 0.459. The van der Waals surface area contributed by atoms with Gasteiger partial charge in [0.1, 0.15) is 11.6 Å². The maximum atomic E-state index is 5.36. The topological polar surface area (TPSA) is 65.7 Å². The molecule has 1 fully saturated rings. The average Bonchev–Trinajstić information content (AvgIpc) is 3.17. The normalized spacial score (nSPS) is 15.3. The third-order valence-corrected chi connectivity index (χ3v) is 4.61. The van der Waals surface area contributed by atoms with Crippen molar-refractivity contribution < 1.29 is 4.42 Å². The predicted octanol–water partition coefficient (Wildman–Crippen LogP) is 3.37. The first-order chi connectivity index (χ1) is 12.7. The Balaban J connectivity index is 0.00000261. The molecule has 1 aliphatic rings. The summed E-state index contributed by atoms with van der Waals surface area (Å²) in [6.45, 7) is 7.77. The van der Waals surface area contributed by atoms with Crippen molar-refractivity contribution in [1.29, 1.82) is 0 Å². The van der Waals surface area contributed by atoms with Crippen LogP contribution in [0.1, 0.15) is 31.1 Å². The molecule has 7 heteroatoms. The molecule has 0 aromatic carbocycles. The summed E-state index contributed by atoms with van der Waals surface area (Å²) in [6.07, 6.45) is 6.63. The average molecular weight is 483 g/mol. The van der Waals surface area contributed by atoms with Crippen molar-refractivity contribution in [2.75, 3.05) is 31.1 Å². The lowest BCUT2D eigenvalue weighted by atomic mass is 10.1. The number of anilines is 1. The molecule has 1 saturated heterocycles. The quantitative estimate of drug-likeness (QED) is 0.375. The minimum atomic E-state index is 0. The van der Waals surface area contributed by atoms with Crippen LogP contribution in [0.5, 0.6) is 0 Å². The lowest BCUT2D eigenvalue weighted by Gasteiger charge is -2.33. The number of aryl methyl sites for hydroxylation is 1. The summed E-state index contributed by atoms with van der Waals surface area (Å²) in [7, 11) is 0. The number of rotatable bonds is 6. The van der Waals surface area contributed by atoms with E-state index in [2.05, 4.69) is 51.5 Å². The van der Waals surface area contributed by atoms with E-state index in [0.717, 1.165) is 63.0 Å². The Morgan fingerprint density at radius 1 is 1.30 bits per heavy atom. The van der Waals surface area contributed by atoms with E-state index in [1.54, 1.807) is 6.26 Å². The van der Waals surface area contributed by atoms with Gasteiger partial charge in [0.2, 0.25) is 0 Å². The van der Waals surface area contributed by atoms with Gasteiger partial charge in [-0.3, -0.25) is 4.99 Å². The monoisotopic (exact) mass is 483 g/mol. The number of guanidine groups is 1.